The van der Waals surface area contributed by atoms with Crippen molar-refractivity contribution in [3.63, 3.8) is 0 Å². The Labute approximate surface area is 315 Å². The maximum absolute atomic E-state index is 14.4. The highest BCUT2D eigenvalue weighted by molar-refractivity contribution is 6.21. The summed E-state index contributed by atoms with van der Waals surface area (Å²) in [6.07, 6.45) is -19.2. The largest absolute Gasteiger partial charge is 0.416 e. The minimum Gasteiger partial charge on any atom is -0.270 e. The number of nitrogens with zero attached hydrogens (tertiary/aromatic N) is 2. The molecule has 7 aromatic rings. The van der Waals surface area contributed by atoms with Crippen molar-refractivity contribution in [2.45, 2.75) is 37.8 Å². The molecule has 58 heavy (non-hydrogen) atoms. The van der Waals surface area contributed by atoms with Crippen LogP contribution in [0.25, 0.3) is 43.8 Å². The molecular formula is C40H20F12N2O4. The second-order valence-electron chi connectivity index (χ2n) is 13.2. The molecule has 0 radical (unpaired) electrons. The summed E-state index contributed by atoms with van der Waals surface area (Å²) in [7, 11) is 0. The van der Waals surface area contributed by atoms with Crippen molar-refractivity contribution in [2.75, 3.05) is 0 Å². The highest BCUT2D eigenvalue weighted by Crippen LogP contribution is 2.42. The molecule has 7 rings (SSSR count). The Balaban J connectivity index is 1.59. The number of hydrogen-bond donors (Lipinski definition) is 0. The maximum atomic E-state index is 14.4. The third-order valence-corrected chi connectivity index (χ3v) is 9.58. The van der Waals surface area contributed by atoms with Crippen molar-refractivity contribution in [2.24, 2.45) is 0 Å². The van der Waals surface area contributed by atoms with E-state index in [1.807, 2.05) is 0 Å². The highest BCUT2D eigenvalue weighted by atomic mass is 19.4. The lowest BCUT2D eigenvalue weighted by Crippen LogP contribution is -2.27. The van der Waals surface area contributed by atoms with Crippen LogP contribution in [0.4, 0.5) is 52.7 Å². The minimum atomic E-state index is -4.87. The van der Waals surface area contributed by atoms with Gasteiger partial charge in [-0.15, -0.1) is 0 Å². The van der Waals surface area contributed by atoms with Gasteiger partial charge in [0.25, 0.3) is 22.2 Å². The van der Waals surface area contributed by atoms with E-state index in [0.29, 0.717) is 57.7 Å². The second-order valence-corrected chi connectivity index (χ2v) is 13.2. The van der Waals surface area contributed by atoms with Crippen molar-refractivity contribution < 1.29 is 52.7 Å². The van der Waals surface area contributed by atoms with Crippen LogP contribution >= 0.6 is 0 Å². The Morgan fingerprint density at radius 3 is 0.741 bits per heavy atom. The van der Waals surface area contributed by atoms with Crippen LogP contribution in [0.1, 0.15) is 33.4 Å². The van der Waals surface area contributed by atoms with Crippen molar-refractivity contribution >= 4 is 21.5 Å². The summed E-state index contributed by atoms with van der Waals surface area (Å²) in [5.74, 6) is 0. The monoisotopic (exact) mass is 820 g/mol. The van der Waals surface area contributed by atoms with Gasteiger partial charge in [-0.05, 0) is 70.8 Å². The molecule has 298 valence electrons. The zero-order valence-electron chi connectivity index (χ0n) is 28.7. The van der Waals surface area contributed by atoms with E-state index in [2.05, 4.69) is 0 Å². The van der Waals surface area contributed by atoms with Gasteiger partial charge in [-0.1, -0.05) is 48.5 Å². The lowest BCUT2D eigenvalue weighted by Gasteiger charge is -2.13. The van der Waals surface area contributed by atoms with E-state index in [1.165, 1.54) is 0 Å². The molecule has 0 fully saturated rings. The molecule has 0 N–H and O–H groups in total. The quantitative estimate of drug-likeness (QED) is 0.157. The normalized spacial score (nSPS) is 12.9. The zero-order chi connectivity index (χ0) is 42.3. The molecule has 18 heteroatoms. The topological polar surface area (TPSA) is 78.1 Å². The van der Waals surface area contributed by atoms with Crippen LogP contribution in [0.2, 0.25) is 0 Å². The SMILES string of the molecule is O=c1c2c(-c3ccc(C(F)(F)F)cc3)c3c(=O)n(Cc4ccc(C(F)(F)F)cc4)c(=O)c3c(-c3ccc(C(F)(F)F)cc3)c2c(=O)n1Cc1ccc(C(F)(F)F)cc1. The van der Waals surface area contributed by atoms with Crippen LogP contribution < -0.4 is 22.2 Å². The molecule has 0 aliphatic heterocycles. The molecule has 0 amide bonds. The van der Waals surface area contributed by atoms with E-state index >= 15 is 0 Å². The lowest BCUT2D eigenvalue weighted by molar-refractivity contribution is -0.138. The van der Waals surface area contributed by atoms with Gasteiger partial charge in [-0.3, -0.25) is 28.3 Å². The predicted molar refractivity (Wildman–Crippen MR) is 187 cm³/mol. The highest BCUT2D eigenvalue weighted by Gasteiger charge is 2.35. The molecule has 0 spiro atoms. The van der Waals surface area contributed by atoms with Gasteiger partial charge >= 0.3 is 24.7 Å². The fourth-order valence-corrected chi connectivity index (χ4v) is 6.81. The molecule has 0 aliphatic rings. The van der Waals surface area contributed by atoms with Gasteiger partial charge in [0.05, 0.1) is 56.9 Å². The average molecular weight is 821 g/mol. The average Bonchev–Trinajstić information content (AvgIpc) is 3.53. The van der Waals surface area contributed by atoms with E-state index in [9.17, 15) is 71.9 Å². The van der Waals surface area contributed by atoms with Gasteiger partial charge in [0.2, 0.25) is 0 Å². The molecular weight excluding hydrogens is 800 g/mol. The summed E-state index contributed by atoms with van der Waals surface area (Å²) in [6, 6.07) is 12.3. The van der Waals surface area contributed by atoms with Gasteiger partial charge < -0.3 is 0 Å². The number of halogens is 12. The van der Waals surface area contributed by atoms with E-state index < -0.39 is 115 Å². The summed E-state index contributed by atoms with van der Waals surface area (Å²) in [6.45, 7) is -1.40. The van der Waals surface area contributed by atoms with Gasteiger partial charge in [0, 0.05) is 11.1 Å². The first-order chi connectivity index (χ1) is 27.0. The number of alkyl halides is 12. The van der Waals surface area contributed by atoms with Crippen LogP contribution in [0.3, 0.4) is 0 Å². The summed E-state index contributed by atoms with van der Waals surface area (Å²) in [5.41, 5.74) is -11.0. The van der Waals surface area contributed by atoms with Gasteiger partial charge in [0.1, 0.15) is 0 Å². The first kappa shape index (κ1) is 39.8. The van der Waals surface area contributed by atoms with Crippen molar-refractivity contribution in [1.29, 1.82) is 0 Å². The molecule has 0 saturated carbocycles. The molecule has 6 nitrogen and oxygen atoms in total. The summed E-state index contributed by atoms with van der Waals surface area (Å²) in [4.78, 5) is 57.6. The molecule has 0 aliphatic carbocycles. The smallest absolute Gasteiger partial charge is 0.270 e. The zero-order valence-corrected chi connectivity index (χ0v) is 28.7. The lowest BCUT2D eigenvalue weighted by atomic mass is 9.89. The maximum Gasteiger partial charge on any atom is 0.416 e. The summed E-state index contributed by atoms with van der Waals surface area (Å²) in [5, 5.41) is -2.60. The Hall–Kier alpha value is -6.46. The number of hydrogen-bond acceptors (Lipinski definition) is 4. The Kier molecular flexibility index (Phi) is 9.32. The van der Waals surface area contributed by atoms with Crippen molar-refractivity contribution in [3.8, 4) is 22.3 Å². The Bertz CT molecular complexity index is 2650. The van der Waals surface area contributed by atoms with Crippen LogP contribution in [-0.2, 0) is 37.8 Å². The van der Waals surface area contributed by atoms with E-state index in [-0.39, 0.29) is 22.3 Å². The van der Waals surface area contributed by atoms with Crippen molar-refractivity contribution in [3.05, 3.63) is 172 Å². The van der Waals surface area contributed by atoms with E-state index in [4.69, 9.17) is 0 Å². The molecule has 2 aromatic heterocycles. The summed E-state index contributed by atoms with van der Waals surface area (Å²) >= 11 is 0. The van der Waals surface area contributed by atoms with Gasteiger partial charge in [0.15, 0.2) is 0 Å². The number of aromatic nitrogens is 2. The van der Waals surface area contributed by atoms with Gasteiger partial charge in [-0.2, -0.15) is 52.7 Å². The number of benzene rings is 5. The Morgan fingerprint density at radius 1 is 0.328 bits per heavy atom. The molecule has 0 unspecified atom stereocenters. The molecule has 0 bridgehead atoms. The van der Waals surface area contributed by atoms with Crippen LogP contribution in [0.15, 0.2) is 116 Å². The fourth-order valence-electron chi connectivity index (χ4n) is 6.81. The minimum absolute atomic E-state index is 0.0166. The van der Waals surface area contributed by atoms with E-state index in [1.54, 1.807) is 0 Å². The first-order valence-electron chi connectivity index (χ1n) is 16.6. The number of rotatable bonds is 6. The third-order valence-electron chi connectivity index (χ3n) is 9.58. The predicted octanol–water partition coefficient (Wildman–Crippen LogP) is 9.42. The molecule has 0 saturated heterocycles. The number of fused-ring (bicyclic) bond motifs is 2. The second kappa shape index (κ2) is 13.6. The first-order valence-corrected chi connectivity index (χ1v) is 16.6. The molecule has 5 aromatic carbocycles. The summed E-state index contributed by atoms with van der Waals surface area (Å²) < 4.78 is 162. The van der Waals surface area contributed by atoms with Crippen LogP contribution in [0.5, 0.6) is 0 Å². The molecule has 0 atom stereocenters. The molecule has 2 heterocycles. The Morgan fingerprint density at radius 2 is 0.534 bits per heavy atom. The van der Waals surface area contributed by atoms with Crippen LogP contribution in [-0.4, -0.2) is 9.13 Å². The van der Waals surface area contributed by atoms with Crippen molar-refractivity contribution in [1.82, 2.24) is 9.13 Å². The fraction of sp³-hybridized carbons (Fsp3) is 0.150. The van der Waals surface area contributed by atoms with Crippen LogP contribution in [0, 0.1) is 0 Å². The standard InChI is InChI=1S/C40H20F12N2O4/c41-37(42,43)23-9-1-19(2-10-23)17-53-33(55)29-27(21-5-13-25(14-6-21)39(47,48)49)31-32(28(30(29)34(53)56)22-7-15-26(16-8-22)40(50,51)52)36(58)54(35(31)57)18-20-3-11-24(12-4-20)38(44,45)46/h1-16H,17-18H2. The third kappa shape index (κ3) is 6.96. The van der Waals surface area contributed by atoms with E-state index in [0.717, 1.165) is 48.5 Å². The van der Waals surface area contributed by atoms with Gasteiger partial charge in [-0.25, -0.2) is 0 Å².